The number of hydrogen-bond acceptors (Lipinski definition) is 2. The van der Waals surface area contributed by atoms with Crippen LogP contribution in [-0.2, 0) is 0 Å². The molecular weight excluding hydrogens is 231 g/mol. The molecule has 3 rings (SSSR count). The maximum Gasteiger partial charge on any atom is 0.140 e. The first-order valence-electron chi connectivity index (χ1n) is 5.62. The van der Waals surface area contributed by atoms with Crippen LogP contribution in [0.4, 0.5) is 4.39 Å². The highest BCUT2D eigenvalue weighted by Gasteiger charge is 2.14. The molecule has 1 aromatic heterocycles. The summed E-state index contributed by atoms with van der Waals surface area (Å²) in [5.41, 5.74) is 1.97. The van der Waals surface area contributed by atoms with Gasteiger partial charge in [-0.1, -0.05) is 30.3 Å². The molecule has 18 heavy (non-hydrogen) atoms. The number of imidazole rings is 1. The highest BCUT2D eigenvalue weighted by atomic mass is 19.1. The largest absolute Gasteiger partial charge is 0.380 e. The van der Waals surface area contributed by atoms with Gasteiger partial charge in [0.2, 0.25) is 0 Å². The van der Waals surface area contributed by atoms with Crippen LogP contribution in [0.3, 0.4) is 0 Å². The molecular formula is C14H11FN2O. The van der Waals surface area contributed by atoms with E-state index < -0.39 is 6.10 Å². The average molecular weight is 242 g/mol. The molecule has 4 heteroatoms. The molecule has 0 amide bonds. The van der Waals surface area contributed by atoms with Gasteiger partial charge in [0.1, 0.15) is 17.7 Å². The van der Waals surface area contributed by atoms with Gasteiger partial charge in [0.05, 0.1) is 11.0 Å². The number of aromatic nitrogens is 2. The molecule has 0 spiro atoms. The van der Waals surface area contributed by atoms with Crippen LogP contribution in [0.2, 0.25) is 0 Å². The van der Waals surface area contributed by atoms with Crippen LogP contribution in [0, 0.1) is 5.82 Å². The van der Waals surface area contributed by atoms with Crippen molar-refractivity contribution in [2.45, 2.75) is 6.10 Å². The zero-order valence-corrected chi connectivity index (χ0v) is 9.47. The van der Waals surface area contributed by atoms with Crippen molar-refractivity contribution in [3.8, 4) is 0 Å². The van der Waals surface area contributed by atoms with Crippen LogP contribution >= 0.6 is 0 Å². The van der Waals surface area contributed by atoms with Gasteiger partial charge in [-0.2, -0.15) is 0 Å². The molecule has 3 nitrogen and oxygen atoms in total. The van der Waals surface area contributed by atoms with E-state index in [4.69, 9.17) is 0 Å². The first-order chi connectivity index (χ1) is 8.74. The minimum absolute atomic E-state index is 0.327. The normalized spacial score (nSPS) is 12.8. The SMILES string of the molecule is O[C@H](c1ccccc1)c1nc2ccc(F)cc2[nH]1. The molecule has 0 saturated carbocycles. The quantitative estimate of drug-likeness (QED) is 0.726. The lowest BCUT2D eigenvalue weighted by Gasteiger charge is -2.06. The summed E-state index contributed by atoms with van der Waals surface area (Å²) < 4.78 is 13.1. The van der Waals surface area contributed by atoms with E-state index in [1.54, 1.807) is 6.07 Å². The van der Waals surface area contributed by atoms with E-state index in [0.29, 0.717) is 16.9 Å². The first-order valence-corrected chi connectivity index (χ1v) is 5.62. The molecule has 0 aliphatic rings. The Kier molecular flexibility index (Phi) is 2.57. The van der Waals surface area contributed by atoms with Crippen LogP contribution in [0.15, 0.2) is 48.5 Å². The zero-order valence-electron chi connectivity index (χ0n) is 9.47. The highest BCUT2D eigenvalue weighted by molar-refractivity contribution is 5.75. The summed E-state index contributed by atoms with van der Waals surface area (Å²) in [5.74, 6) is 0.0914. The minimum Gasteiger partial charge on any atom is -0.380 e. The molecule has 2 aromatic carbocycles. The number of aliphatic hydroxyl groups is 1. The maximum absolute atomic E-state index is 13.1. The Labute approximate surface area is 103 Å². The summed E-state index contributed by atoms with van der Waals surface area (Å²) >= 11 is 0. The fourth-order valence-electron chi connectivity index (χ4n) is 1.92. The third-order valence-electron chi connectivity index (χ3n) is 2.84. The van der Waals surface area contributed by atoms with Gasteiger partial charge in [0.15, 0.2) is 0 Å². The number of aromatic amines is 1. The average Bonchev–Trinajstić information content (AvgIpc) is 2.81. The summed E-state index contributed by atoms with van der Waals surface area (Å²) in [4.78, 5) is 7.19. The standard InChI is InChI=1S/C14H11FN2O/c15-10-6-7-11-12(8-10)17-14(16-11)13(18)9-4-2-1-3-5-9/h1-8,13,18H,(H,16,17)/t13-/m1/s1. The second-order valence-corrected chi connectivity index (χ2v) is 4.10. The lowest BCUT2D eigenvalue weighted by molar-refractivity contribution is 0.211. The van der Waals surface area contributed by atoms with Crippen molar-refractivity contribution in [3.05, 3.63) is 65.7 Å². The van der Waals surface area contributed by atoms with Crippen LogP contribution in [0.25, 0.3) is 11.0 Å². The topological polar surface area (TPSA) is 48.9 Å². The predicted octanol–water partition coefficient (Wildman–Crippen LogP) is 2.78. The minimum atomic E-state index is -0.832. The van der Waals surface area contributed by atoms with Gasteiger partial charge in [-0.15, -0.1) is 0 Å². The van der Waals surface area contributed by atoms with Crippen molar-refractivity contribution < 1.29 is 9.50 Å². The predicted molar refractivity (Wildman–Crippen MR) is 66.6 cm³/mol. The third kappa shape index (κ3) is 1.87. The molecule has 0 saturated heterocycles. The number of benzene rings is 2. The summed E-state index contributed by atoms with van der Waals surface area (Å²) in [6, 6.07) is 13.5. The first kappa shape index (κ1) is 10.9. The maximum atomic E-state index is 13.1. The summed E-state index contributed by atoms with van der Waals surface area (Å²) in [7, 11) is 0. The summed E-state index contributed by atoms with van der Waals surface area (Å²) in [6.45, 7) is 0. The Morgan fingerprint density at radius 1 is 1.11 bits per heavy atom. The summed E-state index contributed by atoms with van der Waals surface area (Å²) in [6.07, 6.45) is -0.832. The Balaban J connectivity index is 2.04. The van der Waals surface area contributed by atoms with Gasteiger partial charge in [0.25, 0.3) is 0 Å². The molecule has 90 valence electrons. The van der Waals surface area contributed by atoms with E-state index in [0.717, 1.165) is 5.56 Å². The van der Waals surface area contributed by atoms with E-state index >= 15 is 0 Å². The van der Waals surface area contributed by atoms with E-state index in [1.807, 2.05) is 30.3 Å². The Morgan fingerprint density at radius 2 is 1.89 bits per heavy atom. The van der Waals surface area contributed by atoms with E-state index in [2.05, 4.69) is 9.97 Å². The molecule has 0 bridgehead atoms. The molecule has 3 aromatic rings. The lowest BCUT2D eigenvalue weighted by atomic mass is 10.1. The zero-order chi connectivity index (χ0) is 12.5. The summed E-state index contributed by atoms with van der Waals surface area (Å²) in [5, 5.41) is 10.2. The van der Waals surface area contributed by atoms with Gasteiger partial charge in [-0.25, -0.2) is 9.37 Å². The molecule has 1 heterocycles. The van der Waals surface area contributed by atoms with Crippen molar-refractivity contribution in [1.29, 1.82) is 0 Å². The fourth-order valence-corrected chi connectivity index (χ4v) is 1.92. The van der Waals surface area contributed by atoms with Crippen LogP contribution in [0.1, 0.15) is 17.5 Å². The number of rotatable bonds is 2. The Hall–Kier alpha value is -2.20. The van der Waals surface area contributed by atoms with Crippen molar-refractivity contribution in [2.75, 3.05) is 0 Å². The van der Waals surface area contributed by atoms with E-state index in [-0.39, 0.29) is 5.82 Å². The Morgan fingerprint density at radius 3 is 2.67 bits per heavy atom. The van der Waals surface area contributed by atoms with E-state index in [9.17, 15) is 9.50 Å². The molecule has 0 unspecified atom stereocenters. The molecule has 1 atom stereocenters. The van der Waals surface area contributed by atoms with Gasteiger partial charge in [-0.3, -0.25) is 0 Å². The van der Waals surface area contributed by atoms with Crippen LogP contribution in [-0.4, -0.2) is 15.1 Å². The van der Waals surface area contributed by atoms with Gasteiger partial charge in [0, 0.05) is 0 Å². The van der Waals surface area contributed by atoms with Gasteiger partial charge in [-0.05, 0) is 23.8 Å². The number of aliphatic hydroxyl groups excluding tert-OH is 1. The number of hydrogen-bond donors (Lipinski definition) is 2. The van der Waals surface area contributed by atoms with Crippen molar-refractivity contribution in [3.63, 3.8) is 0 Å². The second-order valence-electron chi connectivity index (χ2n) is 4.10. The van der Waals surface area contributed by atoms with Gasteiger partial charge < -0.3 is 10.1 Å². The number of nitrogens with zero attached hydrogens (tertiary/aromatic N) is 1. The molecule has 0 fully saturated rings. The molecule has 0 radical (unpaired) electrons. The van der Waals surface area contributed by atoms with Crippen LogP contribution in [0.5, 0.6) is 0 Å². The van der Waals surface area contributed by atoms with Crippen molar-refractivity contribution in [1.82, 2.24) is 9.97 Å². The Bertz CT molecular complexity index is 679. The van der Waals surface area contributed by atoms with E-state index in [1.165, 1.54) is 12.1 Å². The lowest BCUT2D eigenvalue weighted by Crippen LogP contribution is -2.01. The fraction of sp³-hybridized carbons (Fsp3) is 0.0714. The number of nitrogens with one attached hydrogen (secondary N) is 1. The number of H-pyrrole nitrogens is 1. The molecule has 0 aliphatic heterocycles. The van der Waals surface area contributed by atoms with Gasteiger partial charge >= 0.3 is 0 Å². The molecule has 0 aliphatic carbocycles. The van der Waals surface area contributed by atoms with Crippen molar-refractivity contribution >= 4 is 11.0 Å². The third-order valence-corrected chi connectivity index (χ3v) is 2.84. The second kappa shape index (κ2) is 4.23. The highest BCUT2D eigenvalue weighted by Crippen LogP contribution is 2.22. The smallest absolute Gasteiger partial charge is 0.140 e. The number of fused-ring (bicyclic) bond motifs is 1. The van der Waals surface area contributed by atoms with Crippen molar-refractivity contribution in [2.24, 2.45) is 0 Å². The number of halogens is 1. The van der Waals surface area contributed by atoms with Crippen LogP contribution < -0.4 is 0 Å². The molecule has 2 N–H and O–H groups in total. The monoisotopic (exact) mass is 242 g/mol.